The van der Waals surface area contributed by atoms with Gasteiger partial charge in [0.05, 0.1) is 5.69 Å². The molecule has 1 aromatic heterocycles. The van der Waals surface area contributed by atoms with Gasteiger partial charge in [0, 0.05) is 12.2 Å². The van der Waals surface area contributed by atoms with Crippen LogP contribution in [-0.4, -0.2) is 4.98 Å². The molecule has 0 spiro atoms. The molecule has 0 unspecified atom stereocenters. The zero-order valence-corrected chi connectivity index (χ0v) is 8.53. The van der Waals surface area contributed by atoms with E-state index in [1.807, 2.05) is 31.2 Å². The van der Waals surface area contributed by atoms with Gasteiger partial charge >= 0.3 is 0 Å². The number of anilines is 2. The second kappa shape index (κ2) is 4.14. The molecule has 0 saturated carbocycles. The van der Waals surface area contributed by atoms with Crippen molar-refractivity contribution >= 4 is 11.7 Å². The SMILES string of the molecule is Cc1cccc(Nc2nc(CN)co2)c1. The lowest BCUT2D eigenvalue weighted by Gasteiger charge is -2.01. The third kappa shape index (κ3) is 2.35. The molecule has 4 nitrogen and oxygen atoms in total. The monoisotopic (exact) mass is 203 g/mol. The molecule has 0 radical (unpaired) electrons. The van der Waals surface area contributed by atoms with Gasteiger partial charge in [0.2, 0.25) is 0 Å². The molecule has 1 aromatic carbocycles. The van der Waals surface area contributed by atoms with E-state index in [4.69, 9.17) is 10.2 Å². The summed E-state index contributed by atoms with van der Waals surface area (Å²) in [6.45, 7) is 2.42. The Balaban J connectivity index is 2.14. The molecule has 0 aliphatic rings. The Morgan fingerprint density at radius 3 is 3.00 bits per heavy atom. The highest BCUT2D eigenvalue weighted by Crippen LogP contribution is 2.16. The van der Waals surface area contributed by atoms with Crippen LogP contribution in [0.1, 0.15) is 11.3 Å². The van der Waals surface area contributed by atoms with Crippen molar-refractivity contribution < 1.29 is 4.42 Å². The molecule has 0 atom stereocenters. The fraction of sp³-hybridized carbons (Fsp3) is 0.182. The van der Waals surface area contributed by atoms with E-state index < -0.39 is 0 Å². The van der Waals surface area contributed by atoms with Gasteiger partial charge in [-0.15, -0.1) is 0 Å². The number of nitrogens with two attached hydrogens (primary N) is 1. The average Bonchev–Trinajstić information content (AvgIpc) is 2.65. The first kappa shape index (κ1) is 9.73. The zero-order chi connectivity index (χ0) is 10.7. The van der Waals surface area contributed by atoms with Crippen LogP contribution in [0.2, 0.25) is 0 Å². The number of nitrogens with one attached hydrogen (secondary N) is 1. The quantitative estimate of drug-likeness (QED) is 0.802. The standard InChI is InChI=1S/C11H13N3O/c1-8-3-2-4-9(5-8)13-11-14-10(6-12)7-15-11/h2-5,7H,6,12H2,1H3,(H,13,14). The summed E-state index contributed by atoms with van der Waals surface area (Å²) < 4.78 is 5.20. The second-order valence-corrected chi connectivity index (χ2v) is 3.34. The minimum absolute atomic E-state index is 0.388. The zero-order valence-electron chi connectivity index (χ0n) is 8.53. The third-order valence-electron chi connectivity index (χ3n) is 2.03. The molecule has 3 N–H and O–H groups in total. The van der Waals surface area contributed by atoms with Gasteiger partial charge in [-0.1, -0.05) is 12.1 Å². The Morgan fingerprint density at radius 2 is 2.33 bits per heavy atom. The molecule has 78 valence electrons. The minimum atomic E-state index is 0.388. The number of nitrogens with zero attached hydrogens (tertiary/aromatic N) is 1. The maximum Gasteiger partial charge on any atom is 0.299 e. The highest BCUT2D eigenvalue weighted by molar-refractivity contribution is 5.53. The Bertz CT molecular complexity index is 451. The molecule has 1 heterocycles. The van der Waals surface area contributed by atoms with E-state index in [1.54, 1.807) is 6.26 Å². The van der Waals surface area contributed by atoms with Crippen LogP contribution in [0.15, 0.2) is 34.9 Å². The second-order valence-electron chi connectivity index (χ2n) is 3.34. The highest BCUT2D eigenvalue weighted by atomic mass is 16.4. The fourth-order valence-corrected chi connectivity index (χ4v) is 1.30. The van der Waals surface area contributed by atoms with Crippen molar-refractivity contribution in [1.29, 1.82) is 0 Å². The number of rotatable bonds is 3. The van der Waals surface area contributed by atoms with Crippen LogP contribution in [0.4, 0.5) is 11.7 Å². The molecule has 0 aliphatic carbocycles. The van der Waals surface area contributed by atoms with Gasteiger partial charge in [-0.3, -0.25) is 0 Å². The van der Waals surface area contributed by atoms with E-state index >= 15 is 0 Å². The maximum absolute atomic E-state index is 5.43. The minimum Gasteiger partial charge on any atom is -0.432 e. The van der Waals surface area contributed by atoms with E-state index in [0.29, 0.717) is 12.6 Å². The van der Waals surface area contributed by atoms with Crippen molar-refractivity contribution in [3.8, 4) is 0 Å². The summed E-state index contributed by atoms with van der Waals surface area (Å²) in [7, 11) is 0. The van der Waals surface area contributed by atoms with Crippen LogP contribution in [0.3, 0.4) is 0 Å². The smallest absolute Gasteiger partial charge is 0.299 e. The number of hydrogen-bond donors (Lipinski definition) is 2. The summed E-state index contributed by atoms with van der Waals surface area (Å²) in [6.07, 6.45) is 1.55. The highest BCUT2D eigenvalue weighted by Gasteiger charge is 2.02. The number of benzene rings is 1. The maximum atomic E-state index is 5.43. The Kier molecular flexibility index (Phi) is 2.69. The van der Waals surface area contributed by atoms with E-state index in [1.165, 1.54) is 5.56 Å². The van der Waals surface area contributed by atoms with Gasteiger partial charge in [-0.25, -0.2) is 0 Å². The van der Waals surface area contributed by atoms with Crippen LogP contribution in [0.5, 0.6) is 0 Å². The van der Waals surface area contributed by atoms with Crippen LogP contribution in [-0.2, 0) is 6.54 Å². The van der Waals surface area contributed by atoms with Crippen molar-refractivity contribution in [1.82, 2.24) is 4.98 Å². The molecule has 4 heteroatoms. The fourth-order valence-electron chi connectivity index (χ4n) is 1.30. The van der Waals surface area contributed by atoms with Crippen molar-refractivity contribution in [2.45, 2.75) is 13.5 Å². The van der Waals surface area contributed by atoms with Crippen molar-refractivity contribution in [3.05, 3.63) is 41.8 Å². The van der Waals surface area contributed by atoms with Crippen molar-refractivity contribution in [2.24, 2.45) is 5.73 Å². The number of aromatic nitrogens is 1. The van der Waals surface area contributed by atoms with Crippen LogP contribution < -0.4 is 11.1 Å². The number of aryl methyl sites for hydroxylation is 1. The van der Waals surface area contributed by atoms with Gasteiger partial charge < -0.3 is 15.5 Å². The van der Waals surface area contributed by atoms with E-state index in [-0.39, 0.29) is 0 Å². The van der Waals surface area contributed by atoms with E-state index in [2.05, 4.69) is 10.3 Å². The number of oxazole rings is 1. The summed E-state index contributed by atoms with van der Waals surface area (Å²) in [6, 6.07) is 8.46. The first-order valence-electron chi connectivity index (χ1n) is 4.76. The summed E-state index contributed by atoms with van der Waals surface area (Å²) in [5.41, 5.74) is 8.32. The largest absolute Gasteiger partial charge is 0.432 e. The molecule has 15 heavy (non-hydrogen) atoms. The normalized spacial score (nSPS) is 10.3. The molecule has 0 amide bonds. The summed E-state index contributed by atoms with van der Waals surface area (Å²) in [5, 5.41) is 3.07. The van der Waals surface area contributed by atoms with E-state index in [0.717, 1.165) is 11.4 Å². The summed E-state index contributed by atoms with van der Waals surface area (Å²) in [5.74, 6) is 0. The van der Waals surface area contributed by atoms with Gasteiger partial charge in [0.15, 0.2) is 0 Å². The third-order valence-corrected chi connectivity index (χ3v) is 2.03. The molecule has 0 aliphatic heterocycles. The molecule has 0 fully saturated rings. The predicted octanol–water partition coefficient (Wildman–Crippen LogP) is 2.19. The lowest BCUT2D eigenvalue weighted by molar-refractivity contribution is 0.576. The average molecular weight is 203 g/mol. The molecule has 0 bridgehead atoms. The molecule has 0 saturated heterocycles. The molecular weight excluding hydrogens is 190 g/mol. The van der Waals surface area contributed by atoms with Gasteiger partial charge in [-0.2, -0.15) is 4.98 Å². The van der Waals surface area contributed by atoms with Crippen molar-refractivity contribution in [3.63, 3.8) is 0 Å². The molecule has 2 rings (SSSR count). The molecule has 2 aromatic rings. The van der Waals surface area contributed by atoms with Crippen molar-refractivity contribution in [2.75, 3.05) is 5.32 Å². The van der Waals surface area contributed by atoms with Crippen LogP contribution in [0.25, 0.3) is 0 Å². The van der Waals surface area contributed by atoms with Crippen LogP contribution in [0, 0.1) is 6.92 Å². The van der Waals surface area contributed by atoms with Crippen LogP contribution >= 0.6 is 0 Å². The van der Waals surface area contributed by atoms with E-state index in [9.17, 15) is 0 Å². The lowest BCUT2D eigenvalue weighted by Crippen LogP contribution is -1.97. The van der Waals surface area contributed by atoms with Gasteiger partial charge in [-0.05, 0) is 24.6 Å². The Labute approximate surface area is 88.1 Å². The predicted molar refractivity (Wildman–Crippen MR) is 58.9 cm³/mol. The van der Waals surface area contributed by atoms with Gasteiger partial charge in [0.1, 0.15) is 6.26 Å². The Morgan fingerprint density at radius 1 is 1.47 bits per heavy atom. The number of hydrogen-bond acceptors (Lipinski definition) is 4. The van der Waals surface area contributed by atoms with Gasteiger partial charge in [0.25, 0.3) is 6.01 Å². The lowest BCUT2D eigenvalue weighted by atomic mass is 10.2. The first-order valence-corrected chi connectivity index (χ1v) is 4.76. The first-order chi connectivity index (χ1) is 7.28. The Hall–Kier alpha value is -1.81. The topological polar surface area (TPSA) is 64.1 Å². The summed E-state index contributed by atoms with van der Waals surface area (Å²) >= 11 is 0. The molecular formula is C11H13N3O. The summed E-state index contributed by atoms with van der Waals surface area (Å²) in [4.78, 5) is 4.15.